The summed E-state index contributed by atoms with van der Waals surface area (Å²) in [7, 11) is 0. The van der Waals surface area contributed by atoms with Gasteiger partial charge in [0.2, 0.25) is 6.29 Å². The SMILES string of the molecule is O=c1cc(-c2ccccc2)oc2cc(O[C@H]3O[C@@H](CO[C@@H]4O[C@H](CO)[C@@H](O)[C@H](O)[C@H]4O)[C@H](O)[C@@H](O)[C@@H]3O)cc(O)c12. The van der Waals surface area contributed by atoms with Gasteiger partial charge < -0.3 is 64.2 Å². The number of phenols is 1. The lowest BCUT2D eigenvalue weighted by atomic mass is 9.98. The first-order chi connectivity index (χ1) is 19.6. The zero-order valence-electron chi connectivity index (χ0n) is 21.3. The minimum atomic E-state index is -1.78. The van der Waals surface area contributed by atoms with Crippen LogP contribution in [-0.2, 0) is 14.2 Å². The Hall–Kier alpha value is -3.15. The van der Waals surface area contributed by atoms with E-state index in [0.29, 0.717) is 5.56 Å². The first-order valence-corrected chi connectivity index (χ1v) is 12.7. The molecule has 0 radical (unpaired) electrons. The van der Waals surface area contributed by atoms with Gasteiger partial charge in [0.05, 0.1) is 13.2 Å². The molecular weight excluding hydrogens is 548 g/mol. The molecule has 2 aliphatic rings. The molecule has 3 heterocycles. The standard InChI is InChI=1S/C27H30O14/c28-9-17-20(31)22(33)24(35)26(40-17)37-10-18-21(32)23(34)25(36)27(41-18)38-12-6-13(29)19-14(30)8-15(39-16(19)7-12)11-4-2-1-3-5-11/h1-8,17-18,20-29,31-36H,9-10H2/t17-,18+,20-,21+,22+,23-,24-,25+,26-,27+/m1/s1. The molecule has 41 heavy (non-hydrogen) atoms. The molecule has 2 aliphatic heterocycles. The van der Waals surface area contributed by atoms with Crippen LogP contribution in [0.4, 0.5) is 0 Å². The molecule has 2 fully saturated rings. The molecule has 0 saturated carbocycles. The van der Waals surface area contributed by atoms with Crippen LogP contribution in [-0.4, -0.2) is 115 Å². The summed E-state index contributed by atoms with van der Waals surface area (Å²) in [4.78, 5) is 12.7. The maximum absolute atomic E-state index is 12.7. The third-order valence-corrected chi connectivity index (χ3v) is 7.04. The quantitative estimate of drug-likeness (QED) is 0.154. The van der Waals surface area contributed by atoms with E-state index in [2.05, 4.69) is 0 Å². The van der Waals surface area contributed by atoms with Gasteiger partial charge in [-0.2, -0.15) is 0 Å². The molecule has 5 rings (SSSR count). The summed E-state index contributed by atoms with van der Waals surface area (Å²) >= 11 is 0. The van der Waals surface area contributed by atoms with E-state index in [-0.39, 0.29) is 22.5 Å². The number of hydrogen-bond acceptors (Lipinski definition) is 14. The van der Waals surface area contributed by atoms with Crippen LogP contribution in [0.1, 0.15) is 0 Å². The number of rotatable bonds is 7. The summed E-state index contributed by atoms with van der Waals surface area (Å²) in [6.45, 7) is -1.23. The predicted octanol–water partition coefficient (Wildman–Crippen LogP) is -1.83. The van der Waals surface area contributed by atoms with Crippen LogP contribution in [0.25, 0.3) is 22.3 Å². The Kier molecular flexibility index (Phi) is 8.58. The fourth-order valence-electron chi connectivity index (χ4n) is 4.74. The summed E-state index contributed by atoms with van der Waals surface area (Å²) in [5, 5.41) is 81.2. The van der Waals surface area contributed by atoms with E-state index in [4.69, 9.17) is 23.4 Å². The Bertz CT molecular complexity index is 1390. The van der Waals surface area contributed by atoms with Gasteiger partial charge in [0.1, 0.15) is 77.1 Å². The lowest BCUT2D eigenvalue weighted by Crippen LogP contribution is -2.62. The number of ether oxygens (including phenoxy) is 4. The topological polar surface area (TPSA) is 229 Å². The van der Waals surface area contributed by atoms with Crippen LogP contribution >= 0.6 is 0 Å². The highest BCUT2D eigenvalue weighted by molar-refractivity contribution is 5.86. The monoisotopic (exact) mass is 578 g/mol. The highest BCUT2D eigenvalue weighted by Crippen LogP contribution is 2.33. The number of hydrogen-bond donors (Lipinski definition) is 8. The zero-order chi connectivity index (χ0) is 29.4. The summed E-state index contributed by atoms with van der Waals surface area (Å²) < 4.78 is 27.8. The molecule has 2 aromatic carbocycles. The molecule has 0 bridgehead atoms. The van der Waals surface area contributed by atoms with Crippen molar-refractivity contribution in [1.29, 1.82) is 0 Å². The maximum atomic E-state index is 12.7. The Labute approximate surface area is 231 Å². The van der Waals surface area contributed by atoms with E-state index in [1.54, 1.807) is 30.3 Å². The number of fused-ring (bicyclic) bond motifs is 1. The van der Waals surface area contributed by atoms with Crippen LogP contribution in [0.15, 0.2) is 57.7 Å². The van der Waals surface area contributed by atoms with E-state index >= 15 is 0 Å². The highest BCUT2D eigenvalue weighted by Gasteiger charge is 2.48. The molecule has 14 heteroatoms. The molecule has 3 aromatic rings. The molecule has 0 spiro atoms. The van der Waals surface area contributed by atoms with Crippen molar-refractivity contribution < 1.29 is 64.2 Å². The van der Waals surface area contributed by atoms with Gasteiger partial charge in [0, 0.05) is 23.8 Å². The van der Waals surface area contributed by atoms with Gasteiger partial charge in [-0.05, 0) is 0 Å². The van der Waals surface area contributed by atoms with Crippen molar-refractivity contribution in [2.45, 2.75) is 61.4 Å². The first kappa shape index (κ1) is 29.3. The van der Waals surface area contributed by atoms with Crippen molar-refractivity contribution in [3.8, 4) is 22.8 Å². The second-order valence-electron chi connectivity index (χ2n) is 9.82. The van der Waals surface area contributed by atoms with Gasteiger partial charge in [-0.15, -0.1) is 0 Å². The second-order valence-corrected chi connectivity index (χ2v) is 9.82. The van der Waals surface area contributed by atoms with Gasteiger partial charge in [0.15, 0.2) is 11.7 Å². The molecule has 1 aromatic heterocycles. The third kappa shape index (κ3) is 5.80. The Balaban J connectivity index is 1.34. The van der Waals surface area contributed by atoms with Crippen molar-refractivity contribution in [2.75, 3.05) is 13.2 Å². The molecule has 0 amide bonds. The summed E-state index contributed by atoms with van der Waals surface area (Å²) in [5.41, 5.74) is 0.0782. The fourth-order valence-corrected chi connectivity index (χ4v) is 4.74. The zero-order valence-corrected chi connectivity index (χ0v) is 21.3. The first-order valence-electron chi connectivity index (χ1n) is 12.7. The van der Waals surface area contributed by atoms with Crippen molar-refractivity contribution >= 4 is 11.0 Å². The van der Waals surface area contributed by atoms with Crippen LogP contribution in [0.2, 0.25) is 0 Å². The van der Waals surface area contributed by atoms with Gasteiger partial charge in [-0.25, -0.2) is 0 Å². The summed E-state index contributed by atoms with van der Waals surface area (Å²) in [5.74, 6) is -0.346. The normalized spacial score (nSPS) is 34.0. The Morgan fingerprint density at radius 2 is 1.39 bits per heavy atom. The van der Waals surface area contributed by atoms with Gasteiger partial charge in [-0.1, -0.05) is 30.3 Å². The average Bonchev–Trinajstić information content (AvgIpc) is 2.96. The molecule has 222 valence electrons. The van der Waals surface area contributed by atoms with Crippen LogP contribution in [0.3, 0.4) is 0 Å². The van der Waals surface area contributed by atoms with E-state index in [9.17, 15) is 45.6 Å². The Morgan fingerprint density at radius 3 is 2.07 bits per heavy atom. The van der Waals surface area contributed by atoms with Crippen LogP contribution in [0, 0.1) is 0 Å². The molecule has 0 unspecified atom stereocenters. The van der Waals surface area contributed by atoms with Crippen molar-refractivity contribution in [3.05, 3.63) is 58.8 Å². The molecule has 2 saturated heterocycles. The van der Waals surface area contributed by atoms with Gasteiger partial charge in [0.25, 0.3) is 0 Å². The minimum Gasteiger partial charge on any atom is -0.507 e. The van der Waals surface area contributed by atoms with Crippen LogP contribution in [0.5, 0.6) is 11.5 Å². The lowest BCUT2D eigenvalue weighted by Gasteiger charge is -2.42. The third-order valence-electron chi connectivity index (χ3n) is 7.04. The summed E-state index contributed by atoms with van der Waals surface area (Å²) in [6, 6.07) is 12.4. The maximum Gasteiger partial charge on any atom is 0.229 e. The second kappa shape index (κ2) is 12.0. The van der Waals surface area contributed by atoms with Crippen molar-refractivity contribution in [1.82, 2.24) is 0 Å². The Morgan fingerprint density at radius 1 is 0.756 bits per heavy atom. The van der Waals surface area contributed by atoms with Gasteiger partial charge in [-0.3, -0.25) is 4.79 Å². The largest absolute Gasteiger partial charge is 0.507 e. The van der Waals surface area contributed by atoms with Crippen molar-refractivity contribution in [3.63, 3.8) is 0 Å². The molecule has 8 N–H and O–H groups in total. The number of aliphatic hydroxyl groups excluding tert-OH is 7. The van der Waals surface area contributed by atoms with Crippen molar-refractivity contribution in [2.24, 2.45) is 0 Å². The molecular formula is C27H30O14. The fraction of sp³-hybridized carbons (Fsp3) is 0.444. The van der Waals surface area contributed by atoms with E-state index in [1.807, 2.05) is 0 Å². The van der Waals surface area contributed by atoms with E-state index < -0.39 is 85.8 Å². The average molecular weight is 579 g/mol. The van der Waals surface area contributed by atoms with Crippen LogP contribution < -0.4 is 10.2 Å². The molecule has 14 nitrogen and oxygen atoms in total. The smallest absolute Gasteiger partial charge is 0.229 e. The minimum absolute atomic E-state index is 0.0280. The molecule has 10 atom stereocenters. The number of phenolic OH excluding ortho intramolecular Hbond substituents is 1. The lowest BCUT2D eigenvalue weighted by molar-refractivity contribution is -0.323. The predicted molar refractivity (Wildman–Crippen MR) is 137 cm³/mol. The molecule has 0 aliphatic carbocycles. The summed E-state index contributed by atoms with van der Waals surface area (Å²) in [6.07, 6.45) is -16.0. The number of benzene rings is 2. The van der Waals surface area contributed by atoms with E-state index in [0.717, 1.165) is 6.07 Å². The van der Waals surface area contributed by atoms with Gasteiger partial charge >= 0.3 is 0 Å². The highest BCUT2D eigenvalue weighted by atomic mass is 16.7. The number of aliphatic hydroxyl groups is 7. The van der Waals surface area contributed by atoms with E-state index in [1.165, 1.54) is 12.1 Å². The number of aromatic hydroxyl groups is 1.